The fraction of sp³-hybridized carbons (Fsp3) is 0.208. The minimum absolute atomic E-state index is 0.0901. The molecule has 33 heavy (non-hydrogen) atoms. The Balaban J connectivity index is 1.53. The normalized spacial score (nSPS) is 11.6. The van der Waals surface area contributed by atoms with Crippen LogP contribution in [0.4, 0.5) is 5.13 Å². The Kier molecular flexibility index (Phi) is 7.07. The second kappa shape index (κ2) is 9.99. The van der Waals surface area contributed by atoms with Gasteiger partial charge < -0.3 is 0 Å². The minimum Gasteiger partial charge on any atom is -0.284 e. The van der Waals surface area contributed by atoms with Crippen LogP contribution in [0.1, 0.15) is 24.0 Å². The van der Waals surface area contributed by atoms with Gasteiger partial charge in [0, 0.05) is 23.8 Å². The molecule has 2 heterocycles. The van der Waals surface area contributed by atoms with Crippen molar-refractivity contribution in [3.8, 4) is 0 Å². The first-order valence-corrected chi connectivity index (χ1v) is 13.2. The summed E-state index contributed by atoms with van der Waals surface area (Å²) in [6.45, 7) is 2.33. The van der Waals surface area contributed by atoms with Crippen LogP contribution in [0, 0.1) is 6.92 Å². The fourth-order valence-corrected chi connectivity index (χ4v) is 5.93. The highest BCUT2D eigenvalue weighted by atomic mass is 35.5. The average Bonchev–Trinajstić information content (AvgIpc) is 3.23. The highest BCUT2D eigenvalue weighted by Gasteiger charge is 2.22. The van der Waals surface area contributed by atoms with E-state index < -0.39 is 9.84 Å². The molecule has 0 aliphatic rings. The first kappa shape index (κ1) is 23.4. The predicted molar refractivity (Wildman–Crippen MR) is 133 cm³/mol. The van der Waals surface area contributed by atoms with Gasteiger partial charge in [-0.1, -0.05) is 35.1 Å². The molecule has 0 bridgehead atoms. The Morgan fingerprint density at radius 2 is 1.79 bits per heavy atom. The summed E-state index contributed by atoms with van der Waals surface area (Å²) < 4.78 is 26.3. The molecule has 0 N–H and O–H groups in total. The van der Waals surface area contributed by atoms with Crippen LogP contribution in [-0.4, -0.2) is 30.0 Å². The predicted octanol–water partition coefficient (Wildman–Crippen LogP) is 5.44. The second-order valence-electron chi connectivity index (χ2n) is 7.63. The number of para-hydroxylation sites is 1. The number of halogens is 1. The molecule has 2 aromatic carbocycles. The molecule has 1 amide bonds. The molecule has 4 rings (SSSR count). The van der Waals surface area contributed by atoms with Gasteiger partial charge in [-0.3, -0.25) is 14.7 Å². The number of aryl methyl sites for hydroxylation is 1. The van der Waals surface area contributed by atoms with E-state index in [4.69, 9.17) is 16.6 Å². The number of carbonyl (C=O) groups excluding carboxylic acids is 1. The lowest BCUT2D eigenvalue weighted by molar-refractivity contribution is -0.118. The zero-order chi connectivity index (χ0) is 23.4. The van der Waals surface area contributed by atoms with Gasteiger partial charge in [-0.05, 0) is 66.9 Å². The maximum atomic E-state index is 13.2. The van der Waals surface area contributed by atoms with Crippen molar-refractivity contribution in [2.24, 2.45) is 0 Å². The van der Waals surface area contributed by atoms with Crippen LogP contribution in [0.5, 0.6) is 0 Å². The van der Waals surface area contributed by atoms with Crippen molar-refractivity contribution >= 4 is 54.0 Å². The molecule has 0 radical (unpaired) electrons. The fourth-order valence-electron chi connectivity index (χ4n) is 3.43. The summed E-state index contributed by atoms with van der Waals surface area (Å²) >= 11 is 7.30. The SMILES string of the molecule is Cc1cccc2sc(N(Cc3ccncc3)C(=O)CCCS(=O)(=O)c3ccc(Cl)cc3)nc12. The van der Waals surface area contributed by atoms with Crippen LogP contribution in [0.3, 0.4) is 0 Å². The maximum absolute atomic E-state index is 13.2. The summed E-state index contributed by atoms with van der Waals surface area (Å²) in [6.07, 6.45) is 3.66. The number of benzene rings is 2. The topological polar surface area (TPSA) is 80.2 Å². The van der Waals surface area contributed by atoms with Crippen molar-refractivity contribution in [3.05, 3.63) is 83.1 Å². The molecule has 6 nitrogen and oxygen atoms in total. The molecule has 0 atom stereocenters. The van der Waals surface area contributed by atoms with Crippen molar-refractivity contribution in [3.63, 3.8) is 0 Å². The molecule has 0 spiro atoms. The summed E-state index contributed by atoms with van der Waals surface area (Å²) in [7, 11) is -3.50. The number of aromatic nitrogens is 2. The third-order valence-electron chi connectivity index (χ3n) is 5.21. The van der Waals surface area contributed by atoms with E-state index in [2.05, 4.69) is 4.98 Å². The number of nitrogens with zero attached hydrogens (tertiary/aromatic N) is 3. The average molecular weight is 500 g/mol. The Hall–Kier alpha value is -2.81. The van der Waals surface area contributed by atoms with E-state index in [0.29, 0.717) is 16.7 Å². The van der Waals surface area contributed by atoms with E-state index in [1.807, 2.05) is 37.3 Å². The van der Waals surface area contributed by atoms with Crippen molar-refractivity contribution in [2.45, 2.75) is 31.2 Å². The lowest BCUT2D eigenvalue weighted by Gasteiger charge is -2.20. The number of rotatable bonds is 8. The van der Waals surface area contributed by atoms with Crippen LogP contribution in [0.25, 0.3) is 10.2 Å². The van der Waals surface area contributed by atoms with E-state index >= 15 is 0 Å². The molecule has 0 fully saturated rings. The van der Waals surface area contributed by atoms with Gasteiger partial charge in [-0.15, -0.1) is 0 Å². The molecule has 0 saturated heterocycles. The number of hydrogen-bond acceptors (Lipinski definition) is 6. The highest BCUT2D eigenvalue weighted by Crippen LogP contribution is 2.32. The van der Waals surface area contributed by atoms with Gasteiger partial charge >= 0.3 is 0 Å². The van der Waals surface area contributed by atoms with E-state index in [1.165, 1.54) is 23.5 Å². The van der Waals surface area contributed by atoms with Crippen LogP contribution in [-0.2, 0) is 21.2 Å². The number of sulfone groups is 1. The summed E-state index contributed by atoms with van der Waals surface area (Å²) in [5.41, 5.74) is 2.83. The second-order valence-corrected chi connectivity index (χ2v) is 11.2. The minimum atomic E-state index is -3.50. The Labute approximate surface area is 201 Å². The molecule has 9 heteroatoms. The van der Waals surface area contributed by atoms with E-state index in [1.54, 1.807) is 29.4 Å². The molecule has 0 aliphatic carbocycles. The van der Waals surface area contributed by atoms with E-state index in [0.717, 1.165) is 21.3 Å². The van der Waals surface area contributed by atoms with Crippen molar-refractivity contribution in [2.75, 3.05) is 10.7 Å². The van der Waals surface area contributed by atoms with Gasteiger partial charge in [-0.25, -0.2) is 13.4 Å². The molecular weight excluding hydrogens is 478 g/mol. The van der Waals surface area contributed by atoms with Crippen LogP contribution >= 0.6 is 22.9 Å². The maximum Gasteiger partial charge on any atom is 0.229 e. The number of thiazole rings is 1. The number of hydrogen-bond donors (Lipinski definition) is 0. The first-order chi connectivity index (χ1) is 15.8. The number of fused-ring (bicyclic) bond motifs is 1. The third kappa shape index (κ3) is 5.58. The van der Waals surface area contributed by atoms with Gasteiger partial charge in [0.1, 0.15) is 0 Å². The molecular formula is C24H22ClN3O3S2. The number of pyridine rings is 1. The molecule has 2 aromatic heterocycles. The molecule has 0 aliphatic heterocycles. The third-order valence-corrected chi connectivity index (χ3v) is 8.32. The molecule has 170 valence electrons. The van der Waals surface area contributed by atoms with Crippen molar-refractivity contribution in [1.29, 1.82) is 0 Å². The standard InChI is InChI=1S/C24H22ClN3O3S2/c1-17-4-2-5-21-23(17)27-24(32-21)28(16-18-11-13-26-14-12-18)22(29)6-3-15-33(30,31)20-9-7-19(25)8-10-20/h2,4-5,7-14H,3,6,15-16H2,1H3. The van der Waals surface area contributed by atoms with Gasteiger partial charge in [0.15, 0.2) is 15.0 Å². The molecule has 4 aromatic rings. The molecule has 0 saturated carbocycles. The Bertz CT molecular complexity index is 1370. The zero-order valence-electron chi connectivity index (χ0n) is 17.9. The van der Waals surface area contributed by atoms with E-state index in [-0.39, 0.29) is 29.4 Å². The van der Waals surface area contributed by atoms with Crippen LogP contribution < -0.4 is 4.90 Å². The summed E-state index contributed by atoms with van der Waals surface area (Å²) in [6, 6.07) is 15.7. The van der Waals surface area contributed by atoms with Gasteiger partial charge in [-0.2, -0.15) is 0 Å². The zero-order valence-corrected chi connectivity index (χ0v) is 20.3. The lowest BCUT2D eigenvalue weighted by atomic mass is 10.2. The summed E-state index contributed by atoms with van der Waals surface area (Å²) in [5.74, 6) is -0.294. The first-order valence-electron chi connectivity index (χ1n) is 10.4. The Morgan fingerprint density at radius 3 is 2.48 bits per heavy atom. The number of anilines is 1. The summed E-state index contributed by atoms with van der Waals surface area (Å²) in [4.78, 5) is 23.8. The number of amides is 1. The monoisotopic (exact) mass is 499 g/mol. The largest absolute Gasteiger partial charge is 0.284 e. The quantitative estimate of drug-likeness (QED) is 0.322. The van der Waals surface area contributed by atoms with Crippen LogP contribution in [0.2, 0.25) is 5.02 Å². The number of carbonyl (C=O) groups is 1. The van der Waals surface area contributed by atoms with Gasteiger partial charge in [0.2, 0.25) is 5.91 Å². The van der Waals surface area contributed by atoms with Crippen molar-refractivity contribution < 1.29 is 13.2 Å². The lowest BCUT2D eigenvalue weighted by Crippen LogP contribution is -2.30. The molecule has 0 unspecified atom stereocenters. The highest BCUT2D eigenvalue weighted by molar-refractivity contribution is 7.91. The Morgan fingerprint density at radius 1 is 1.06 bits per heavy atom. The smallest absolute Gasteiger partial charge is 0.229 e. The van der Waals surface area contributed by atoms with Gasteiger partial charge in [0.05, 0.1) is 27.4 Å². The summed E-state index contributed by atoms with van der Waals surface area (Å²) in [5, 5.41) is 1.07. The van der Waals surface area contributed by atoms with Gasteiger partial charge in [0.25, 0.3) is 0 Å². The van der Waals surface area contributed by atoms with E-state index in [9.17, 15) is 13.2 Å². The van der Waals surface area contributed by atoms with Crippen LogP contribution in [0.15, 0.2) is 71.9 Å². The van der Waals surface area contributed by atoms with Crippen molar-refractivity contribution in [1.82, 2.24) is 9.97 Å².